The van der Waals surface area contributed by atoms with E-state index in [1.165, 1.54) is 32.1 Å². The Hall–Kier alpha value is -3.93. The van der Waals surface area contributed by atoms with Gasteiger partial charge in [0.25, 0.3) is 0 Å². The van der Waals surface area contributed by atoms with Gasteiger partial charge in [-0.25, -0.2) is 4.98 Å². The molecule has 33 heavy (non-hydrogen) atoms. The minimum atomic E-state index is 0.554. The fourth-order valence-electron chi connectivity index (χ4n) is 4.89. The molecule has 1 aliphatic rings. The molecule has 3 N–H and O–H groups in total. The first-order valence-electron chi connectivity index (χ1n) is 11.6. The molecule has 0 aliphatic heterocycles. The molecule has 5 aromatic rings. The lowest BCUT2D eigenvalue weighted by Crippen LogP contribution is -2.14. The highest BCUT2D eigenvalue weighted by Gasteiger charge is 2.17. The van der Waals surface area contributed by atoms with Crippen molar-refractivity contribution in [2.45, 2.75) is 32.1 Å². The molecule has 0 unspecified atom stereocenters. The van der Waals surface area contributed by atoms with Gasteiger partial charge in [0.1, 0.15) is 11.3 Å². The zero-order valence-corrected chi connectivity index (χ0v) is 18.4. The Labute approximate surface area is 192 Å². The Morgan fingerprint density at radius 3 is 2.79 bits per heavy atom. The fourth-order valence-corrected chi connectivity index (χ4v) is 4.89. The van der Waals surface area contributed by atoms with Crippen LogP contribution in [0.15, 0.2) is 73.3 Å². The smallest absolute Gasteiger partial charge is 0.137 e. The van der Waals surface area contributed by atoms with Crippen LogP contribution < -0.4 is 5.32 Å². The minimum absolute atomic E-state index is 0.554. The van der Waals surface area contributed by atoms with Crippen LogP contribution in [0, 0.1) is 5.92 Å². The number of nitrogens with one attached hydrogen (secondary N) is 3. The summed E-state index contributed by atoms with van der Waals surface area (Å²) in [5.41, 5.74) is 7.94. The topological polar surface area (TPSA) is 82.3 Å². The van der Waals surface area contributed by atoms with Crippen molar-refractivity contribution < 1.29 is 0 Å². The molecule has 164 valence electrons. The number of aromatic amines is 2. The van der Waals surface area contributed by atoms with Gasteiger partial charge in [-0.05, 0) is 60.7 Å². The first kappa shape index (κ1) is 19.7. The van der Waals surface area contributed by atoms with E-state index >= 15 is 0 Å². The zero-order valence-electron chi connectivity index (χ0n) is 18.4. The summed E-state index contributed by atoms with van der Waals surface area (Å²) < 4.78 is 0. The predicted molar refractivity (Wildman–Crippen MR) is 134 cm³/mol. The van der Waals surface area contributed by atoms with Crippen molar-refractivity contribution in [3.8, 4) is 22.5 Å². The summed E-state index contributed by atoms with van der Waals surface area (Å²) in [6, 6.07) is 14.6. The molecular formula is C27H26N6. The average Bonchev–Trinajstić information content (AvgIpc) is 3.48. The molecule has 6 heteroatoms. The number of allylic oxidation sites excluding steroid dienone is 1. The van der Waals surface area contributed by atoms with E-state index in [-0.39, 0.29) is 0 Å². The predicted octanol–water partition coefficient (Wildman–Crippen LogP) is 6.67. The molecule has 1 saturated carbocycles. The average molecular weight is 435 g/mol. The van der Waals surface area contributed by atoms with Crippen LogP contribution >= 0.6 is 0 Å². The third kappa shape index (κ3) is 3.78. The van der Waals surface area contributed by atoms with E-state index in [1.54, 1.807) is 6.20 Å². The number of anilines is 1. The number of aromatic nitrogens is 5. The maximum Gasteiger partial charge on any atom is 0.137 e. The molecule has 0 amide bonds. The van der Waals surface area contributed by atoms with Crippen molar-refractivity contribution in [2.75, 3.05) is 5.32 Å². The van der Waals surface area contributed by atoms with Gasteiger partial charge < -0.3 is 10.3 Å². The van der Waals surface area contributed by atoms with Gasteiger partial charge in [0.15, 0.2) is 0 Å². The number of fused-ring (bicyclic) bond motifs is 2. The maximum atomic E-state index is 4.58. The third-order valence-electron chi connectivity index (χ3n) is 6.68. The lowest BCUT2D eigenvalue weighted by Gasteiger charge is -2.24. The second kappa shape index (κ2) is 8.20. The van der Waals surface area contributed by atoms with E-state index in [9.17, 15) is 0 Å². The van der Waals surface area contributed by atoms with Gasteiger partial charge in [-0.3, -0.25) is 10.1 Å². The molecule has 0 saturated heterocycles. The van der Waals surface area contributed by atoms with Crippen LogP contribution in [-0.2, 0) is 0 Å². The molecule has 4 heterocycles. The molecule has 6 nitrogen and oxygen atoms in total. The summed E-state index contributed by atoms with van der Waals surface area (Å²) in [5, 5.41) is 13.4. The van der Waals surface area contributed by atoms with Crippen LogP contribution in [0.25, 0.3) is 44.5 Å². The molecule has 0 radical (unpaired) electrons. The van der Waals surface area contributed by atoms with Crippen molar-refractivity contribution in [2.24, 2.45) is 5.92 Å². The molecular weight excluding hydrogens is 408 g/mol. The number of hydrogen-bond donors (Lipinski definition) is 3. The molecule has 6 rings (SSSR count). The second-order valence-electron chi connectivity index (χ2n) is 8.90. The van der Waals surface area contributed by atoms with Crippen LogP contribution in [0.3, 0.4) is 0 Å². The van der Waals surface area contributed by atoms with E-state index in [2.05, 4.69) is 67.4 Å². The Morgan fingerprint density at radius 1 is 1.00 bits per heavy atom. The Morgan fingerprint density at radius 2 is 1.91 bits per heavy atom. The van der Waals surface area contributed by atoms with Crippen molar-refractivity contribution in [3.05, 3.63) is 73.3 Å². The molecule has 0 spiro atoms. The van der Waals surface area contributed by atoms with E-state index in [1.807, 2.05) is 24.5 Å². The zero-order chi connectivity index (χ0) is 22.2. The van der Waals surface area contributed by atoms with Gasteiger partial charge in [0.2, 0.25) is 0 Å². The summed E-state index contributed by atoms with van der Waals surface area (Å²) in [4.78, 5) is 12.3. The normalized spacial score (nSPS) is 14.7. The van der Waals surface area contributed by atoms with Gasteiger partial charge in [0.05, 0.1) is 23.1 Å². The summed E-state index contributed by atoms with van der Waals surface area (Å²) in [7, 11) is 0. The number of benzene rings is 1. The van der Waals surface area contributed by atoms with E-state index in [0.29, 0.717) is 5.92 Å². The monoisotopic (exact) mass is 434 g/mol. The molecule has 1 fully saturated rings. The quantitative estimate of drug-likeness (QED) is 0.288. The molecule has 0 bridgehead atoms. The van der Waals surface area contributed by atoms with Crippen molar-refractivity contribution in [1.29, 1.82) is 0 Å². The lowest BCUT2D eigenvalue weighted by atomic mass is 9.87. The van der Waals surface area contributed by atoms with Crippen LogP contribution in [0.5, 0.6) is 0 Å². The van der Waals surface area contributed by atoms with E-state index < -0.39 is 0 Å². The second-order valence-corrected chi connectivity index (χ2v) is 8.90. The number of nitrogens with zero attached hydrogens (tertiary/aromatic N) is 3. The Kier molecular flexibility index (Phi) is 4.91. The summed E-state index contributed by atoms with van der Waals surface area (Å²) in [5.74, 6) is 0.554. The van der Waals surface area contributed by atoms with Crippen LogP contribution in [0.2, 0.25) is 0 Å². The first-order valence-corrected chi connectivity index (χ1v) is 11.6. The minimum Gasteiger partial charge on any atom is -0.358 e. The van der Waals surface area contributed by atoms with Gasteiger partial charge in [-0.2, -0.15) is 5.10 Å². The van der Waals surface area contributed by atoms with E-state index in [4.69, 9.17) is 0 Å². The Balaban J connectivity index is 1.32. The van der Waals surface area contributed by atoms with Crippen LogP contribution in [0.4, 0.5) is 5.69 Å². The summed E-state index contributed by atoms with van der Waals surface area (Å²) in [6.07, 6.45) is 11.9. The van der Waals surface area contributed by atoms with Crippen LogP contribution in [0.1, 0.15) is 32.1 Å². The van der Waals surface area contributed by atoms with Crippen LogP contribution in [-0.4, -0.2) is 25.1 Å². The summed E-state index contributed by atoms with van der Waals surface area (Å²) in [6.45, 7) is 4.31. The van der Waals surface area contributed by atoms with Gasteiger partial charge in [-0.15, -0.1) is 0 Å². The number of rotatable bonds is 5. The standard InChI is InChI=1S/C27H26N6/c1-17(18-6-3-2-4-7-18)30-22-12-21(15-28-16-22)19-9-10-24-23(13-19)26(33-32-24)25-14-20-8-5-11-29-27(20)31-25/h5,8-16,18,30H,1-4,6-7H2,(H,29,31)(H,32,33). The largest absolute Gasteiger partial charge is 0.358 e. The molecule has 0 atom stereocenters. The van der Waals surface area contributed by atoms with E-state index in [0.717, 1.165) is 55.8 Å². The number of H-pyrrole nitrogens is 2. The molecule has 1 aromatic carbocycles. The molecule has 1 aliphatic carbocycles. The highest BCUT2D eigenvalue weighted by atomic mass is 15.1. The van der Waals surface area contributed by atoms with Crippen molar-refractivity contribution in [3.63, 3.8) is 0 Å². The van der Waals surface area contributed by atoms with Gasteiger partial charge >= 0.3 is 0 Å². The highest BCUT2D eigenvalue weighted by Crippen LogP contribution is 2.33. The number of hydrogen-bond acceptors (Lipinski definition) is 4. The van der Waals surface area contributed by atoms with Crippen molar-refractivity contribution >= 4 is 27.6 Å². The SMILES string of the molecule is C=C(Nc1cncc(-c2ccc3[nH]nc(-c4cc5cccnc5[nH]4)c3c2)c1)C1CCCCC1. The fraction of sp³-hybridized carbons (Fsp3) is 0.222. The third-order valence-corrected chi connectivity index (χ3v) is 6.68. The first-order chi connectivity index (χ1) is 16.2. The summed E-state index contributed by atoms with van der Waals surface area (Å²) >= 11 is 0. The lowest BCUT2D eigenvalue weighted by molar-refractivity contribution is 0.405. The van der Waals surface area contributed by atoms with Gasteiger partial charge in [0, 0.05) is 34.4 Å². The highest BCUT2D eigenvalue weighted by molar-refractivity contribution is 5.97. The Bertz CT molecular complexity index is 1420. The van der Waals surface area contributed by atoms with Gasteiger partial charge in [-0.1, -0.05) is 31.9 Å². The molecule has 4 aromatic heterocycles. The van der Waals surface area contributed by atoms with Crippen molar-refractivity contribution in [1.82, 2.24) is 25.1 Å². The number of pyridine rings is 2. The maximum absolute atomic E-state index is 4.58.